The van der Waals surface area contributed by atoms with Crippen LogP contribution in [0.5, 0.6) is 11.5 Å². The van der Waals surface area contributed by atoms with Gasteiger partial charge in [0.1, 0.15) is 13.2 Å². The fourth-order valence-electron chi connectivity index (χ4n) is 2.65. The zero-order valence-electron chi connectivity index (χ0n) is 11.9. The molecule has 0 aromatic heterocycles. The normalized spacial score (nSPS) is 18.9. The predicted molar refractivity (Wildman–Crippen MR) is 76.7 cm³/mol. The van der Waals surface area contributed by atoms with E-state index in [1.54, 1.807) is 0 Å². The summed E-state index contributed by atoms with van der Waals surface area (Å²) in [6.07, 6.45) is 2.49. The Labute approximate surface area is 127 Å². The van der Waals surface area contributed by atoms with Crippen molar-refractivity contribution >= 4 is 15.7 Å². The third kappa shape index (κ3) is 2.61. The highest BCUT2D eigenvalue weighted by molar-refractivity contribution is 7.89. The quantitative estimate of drug-likeness (QED) is 0.616. The van der Waals surface area contributed by atoms with Crippen LogP contribution in [0, 0.1) is 10.1 Å². The molecule has 1 fully saturated rings. The lowest BCUT2D eigenvalue weighted by atomic mass is 10.2. The SMILES string of the molecule is O=[N+]([O-])c1cc2c(cc1S(=O)(=O)N1CCCCC1)OCCO2. The zero-order chi connectivity index (χ0) is 15.7. The number of sulfonamides is 1. The first-order valence-corrected chi connectivity index (χ1v) is 8.52. The first-order valence-electron chi connectivity index (χ1n) is 7.08. The average molecular weight is 328 g/mol. The van der Waals surface area contributed by atoms with Gasteiger partial charge in [0.2, 0.25) is 10.0 Å². The van der Waals surface area contributed by atoms with Crippen LogP contribution in [0.25, 0.3) is 0 Å². The largest absolute Gasteiger partial charge is 0.486 e. The van der Waals surface area contributed by atoms with Crippen LogP contribution in [0.4, 0.5) is 5.69 Å². The van der Waals surface area contributed by atoms with E-state index >= 15 is 0 Å². The van der Waals surface area contributed by atoms with E-state index in [4.69, 9.17) is 9.47 Å². The summed E-state index contributed by atoms with van der Waals surface area (Å²) in [6.45, 7) is 1.33. The van der Waals surface area contributed by atoms with Crippen molar-refractivity contribution in [2.75, 3.05) is 26.3 Å². The van der Waals surface area contributed by atoms with E-state index in [1.165, 1.54) is 10.4 Å². The van der Waals surface area contributed by atoms with Crippen LogP contribution in [-0.2, 0) is 10.0 Å². The van der Waals surface area contributed by atoms with Crippen LogP contribution in [0.2, 0.25) is 0 Å². The summed E-state index contributed by atoms with van der Waals surface area (Å²) in [5.74, 6) is 0.433. The maximum absolute atomic E-state index is 12.7. The summed E-state index contributed by atoms with van der Waals surface area (Å²) in [5.41, 5.74) is -0.477. The van der Waals surface area contributed by atoms with Crippen LogP contribution in [-0.4, -0.2) is 43.9 Å². The number of rotatable bonds is 3. The summed E-state index contributed by atoms with van der Waals surface area (Å²) < 4.78 is 37.4. The van der Waals surface area contributed by atoms with Crippen molar-refractivity contribution in [2.24, 2.45) is 0 Å². The molecule has 0 saturated carbocycles. The lowest BCUT2D eigenvalue weighted by molar-refractivity contribution is -0.388. The Bertz CT molecular complexity index is 697. The minimum Gasteiger partial charge on any atom is -0.486 e. The second-order valence-electron chi connectivity index (χ2n) is 5.19. The molecule has 1 saturated heterocycles. The molecule has 0 spiro atoms. The summed E-state index contributed by atoms with van der Waals surface area (Å²) >= 11 is 0. The van der Waals surface area contributed by atoms with Crippen LogP contribution >= 0.6 is 0 Å². The van der Waals surface area contributed by atoms with Crippen molar-refractivity contribution in [1.29, 1.82) is 0 Å². The molecule has 0 atom stereocenters. The van der Waals surface area contributed by atoms with Gasteiger partial charge in [0, 0.05) is 19.2 Å². The van der Waals surface area contributed by atoms with Gasteiger partial charge in [0.05, 0.1) is 11.0 Å². The molecule has 9 heteroatoms. The van der Waals surface area contributed by atoms with Gasteiger partial charge in [-0.25, -0.2) is 8.42 Å². The Morgan fingerprint density at radius 3 is 2.23 bits per heavy atom. The first kappa shape index (κ1) is 15.0. The number of nitro groups is 1. The predicted octanol–water partition coefficient (Wildman–Crippen LogP) is 1.54. The number of piperidine rings is 1. The molecule has 2 heterocycles. The van der Waals surface area contributed by atoms with E-state index in [1.807, 2.05) is 0 Å². The van der Waals surface area contributed by atoms with Crippen molar-refractivity contribution < 1.29 is 22.8 Å². The van der Waals surface area contributed by atoms with Crippen LogP contribution < -0.4 is 9.47 Å². The number of nitro benzene ring substituents is 1. The van der Waals surface area contributed by atoms with Gasteiger partial charge < -0.3 is 9.47 Å². The highest BCUT2D eigenvalue weighted by Crippen LogP contribution is 2.39. The molecule has 0 amide bonds. The fraction of sp³-hybridized carbons (Fsp3) is 0.538. The molecular formula is C13H16N2O6S. The number of nitrogens with zero attached hydrogens (tertiary/aromatic N) is 2. The first-order chi connectivity index (χ1) is 10.5. The molecule has 0 N–H and O–H groups in total. The van der Waals surface area contributed by atoms with E-state index in [2.05, 4.69) is 0 Å². The van der Waals surface area contributed by atoms with Crippen LogP contribution in [0.1, 0.15) is 19.3 Å². The Morgan fingerprint density at radius 2 is 1.64 bits per heavy atom. The second kappa shape index (κ2) is 5.73. The highest BCUT2D eigenvalue weighted by atomic mass is 32.2. The number of hydrogen-bond donors (Lipinski definition) is 0. The Morgan fingerprint density at radius 1 is 1.05 bits per heavy atom. The van der Waals surface area contributed by atoms with Crippen molar-refractivity contribution in [3.8, 4) is 11.5 Å². The summed E-state index contributed by atoms with van der Waals surface area (Å²) in [5, 5.41) is 11.3. The summed E-state index contributed by atoms with van der Waals surface area (Å²) in [4.78, 5) is 10.2. The molecule has 0 aliphatic carbocycles. The van der Waals surface area contributed by atoms with Crippen molar-refractivity contribution in [3.05, 3.63) is 22.2 Å². The van der Waals surface area contributed by atoms with Gasteiger partial charge in [-0.2, -0.15) is 4.31 Å². The van der Waals surface area contributed by atoms with Crippen LogP contribution in [0.15, 0.2) is 17.0 Å². The van der Waals surface area contributed by atoms with Gasteiger partial charge in [0.25, 0.3) is 5.69 Å². The minimum absolute atomic E-state index is 0.204. The highest BCUT2D eigenvalue weighted by Gasteiger charge is 2.35. The number of hydrogen-bond acceptors (Lipinski definition) is 6. The van der Waals surface area contributed by atoms with Crippen molar-refractivity contribution in [2.45, 2.75) is 24.2 Å². The molecule has 120 valence electrons. The average Bonchev–Trinajstić information content (AvgIpc) is 2.54. The molecule has 0 unspecified atom stereocenters. The number of fused-ring (bicyclic) bond motifs is 1. The fourth-order valence-corrected chi connectivity index (χ4v) is 4.32. The lowest BCUT2D eigenvalue weighted by Gasteiger charge is -2.26. The molecule has 1 aromatic rings. The molecule has 0 bridgehead atoms. The Hall–Kier alpha value is -1.87. The van der Waals surface area contributed by atoms with Crippen LogP contribution in [0.3, 0.4) is 0 Å². The van der Waals surface area contributed by atoms with Gasteiger partial charge in [-0.3, -0.25) is 10.1 Å². The molecular weight excluding hydrogens is 312 g/mol. The van der Waals surface area contributed by atoms with E-state index < -0.39 is 20.6 Å². The molecule has 2 aliphatic rings. The maximum atomic E-state index is 12.7. The van der Waals surface area contributed by atoms with Gasteiger partial charge in [-0.1, -0.05) is 6.42 Å². The zero-order valence-corrected chi connectivity index (χ0v) is 12.7. The molecule has 22 heavy (non-hydrogen) atoms. The third-order valence-electron chi connectivity index (χ3n) is 3.75. The molecule has 3 rings (SSSR count). The Balaban J connectivity index is 2.09. The van der Waals surface area contributed by atoms with E-state index in [0.717, 1.165) is 25.3 Å². The Kier molecular flexibility index (Phi) is 3.92. The van der Waals surface area contributed by atoms with Gasteiger partial charge in [-0.15, -0.1) is 0 Å². The van der Waals surface area contributed by atoms with Crippen molar-refractivity contribution in [1.82, 2.24) is 4.31 Å². The molecule has 0 radical (unpaired) electrons. The smallest absolute Gasteiger partial charge is 0.293 e. The summed E-state index contributed by atoms with van der Waals surface area (Å²) in [6, 6.07) is 2.34. The standard InChI is InChI=1S/C13H16N2O6S/c16-15(17)10-8-11-12(21-7-6-20-11)9-13(10)22(18,19)14-4-2-1-3-5-14/h8-9H,1-7H2. The van der Waals surface area contributed by atoms with E-state index in [-0.39, 0.29) is 29.6 Å². The van der Waals surface area contributed by atoms with E-state index in [0.29, 0.717) is 13.1 Å². The molecule has 2 aliphatic heterocycles. The second-order valence-corrected chi connectivity index (χ2v) is 7.09. The third-order valence-corrected chi connectivity index (χ3v) is 5.68. The maximum Gasteiger partial charge on any atom is 0.293 e. The number of ether oxygens (including phenoxy) is 2. The number of benzene rings is 1. The topological polar surface area (TPSA) is 99.0 Å². The van der Waals surface area contributed by atoms with Gasteiger partial charge in [-0.05, 0) is 12.8 Å². The van der Waals surface area contributed by atoms with Gasteiger partial charge >= 0.3 is 0 Å². The van der Waals surface area contributed by atoms with Crippen molar-refractivity contribution in [3.63, 3.8) is 0 Å². The van der Waals surface area contributed by atoms with Gasteiger partial charge in [0.15, 0.2) is 16.4 Å². The van der Waals surface area contributed by atoms with E-state index in [9.17, 15) is 18.5 Å². The monoisotopic (exact) mass is 328 g/mol. The minimum atomic E-state index is -3.92. The summed E-state index contributed by atoms with van der Waals surface area (Å²) in [7, 11) is -3.92. The molecule has 8 nitrogen and oxygen atoms in total. The molecule has 1 aromatic carbocycles. The lowest BCUT2D eigenvalue weighted by Crippen LogP contribution is -2.36.